The number of hydrogen-bond acceptors (Lipinski definition) is 5. The molecule has 1 atom stereocenters. The minimum Gasteiger partial charge on any atom is -0.463 e. The van der Waals surface area contributed by atoms with E-state index >= 15 is 0 Å². The van der Waals surface area contributed by atoms with Crippen molar-refractivity contribution in [1.82, 2.24) is 4.57 Å². The SMILES string of the molecule is CCOC(=O)C1=C(N)n2c(s/c(=C\c3ccc(C(C)C)cc3)c2=O)=C(C)C1c1ccc(C(C)C)cc1. The van der Waals surface area contributed by atoms with Crippen molar-refractivity contribution in [3.05, 3.63) is 95.9 Å². The zero-order valence-electron chi connectivity index (χ0n) is 21.8. The normalized spacial score (nSPS) is 16.2. The van der Waals surface area contributed by atoms with Crippen LogP contribution < -0.4 is 20.5 Å². The fourth-order valence-electron chi connectivity index (χ4n) is 4.62. The smallest absolute Gasteiger partial charge is 0.338 e. The second-order valence-electron chi connectivity index (χ2n) is 9.83. The first-order valence-corrected chi connectivity index (χ1v) is 13.3. The molecule has 2 N–H and O–H groups in total. The second kappa shape index (κ2) is 10.3. The first kappa shape index (κ1) is 25.7. The highest BCUT2D eigenvalue weighted by atomic mass is 32.1. The molecule has 1 aliphatic heterocycles. The summed E-state index contributed by atoms with van der Waals surface area (Å²) in [5, 5.41) is 0. The van der Waals surface area contributed by atoms with E-state index in [1.807, 2.05) is 37.3 Å². The third kappa shape index (κ3) is 4.70. The summed E-state index contributed by atoms with van der Waals surface area (Å²) in [5.41, 5.74) is 11.9. The van der Waals surface area contributed by atoms with Crippen molar-refractivity contribution in [1.29, 1.82) is 0 Å². The molecule has 2 heterocycles. The average molecular weight is 503 g/mol. The summed E-state index contributed by atoms with van der Waals surface area (Å²) >= 11 is 1.40. The quantitative estimate of drug-likeness (QED) is 0.498. The van der Waals surface area contributed by atoms with E-state index in [1.165, 1.54) is 27.0 Å². The number of carbonyl (C=O) groups excluding carboxylic acids is 1. The van der Waals surface area contributed by atoms with Crippen molar-refractivity contribution in [2.24, 2.45) is 5.73 Å². The highest BCUT2D eigenvalue weighted by Crippen LogP contribution is 2.37. The molecule has 6 heteroatoms. The number of aromatic nitrogens is 1. The largest absolute Gasteiger partial charge is 0.463 e. The Morgan fingerprint density at radius 2 is 1.58 bits per heavy atom. The Kier molecular flexibility index (Phi) is 7.36. The summed E-state index contributed by atoms with van der Waals surface area (Å²) in [6.45, 7) is 12.6. The van der Waals surface area contributed by atoms with Crippen molar-refractivity contribution < 1.29 is 9.53 Å². The highest BCUT2D eigenvalue weighted by Gasteiger charge is 2.34. The number of nitrogens with two attached hydrogens (primary N) is 1. The van der Waals surface area contributed by atoms with Crippen LogP contribution in [0.5, 0.6) is 0 Å². The summed E-state index contributed by atoms with van der Waals surface area (Å²) in [6, 6.07) is 16.5. The van der Waals surface area contributed by atoms with Gasteiger partial charge in [0.1, 0.15) is 10.5 Å². The van der Waals surface area contributed by atoms with Crippen LogP contribution >= 0.6 is 11.3 Å². The van der Waals surface area contributed by atoms with Gasteiger partial charge in [0.05, 0.1) is 16.7 Å². The molecular formula is C30H34N2O3S. The molecule has 0 spiro atoms. The van der Waals surface area contributed by atoms with Crippen LogP contribution in [0.3, 0.4) is 0 Å². The van der Waals surface area contributed by atoms with Gasteiger partial charge in [-0.2, -0.15) is 0 Å². The molecule has 4 rings (SSSR count). The number of fused-ring (bicyclic) bond motifs is 1. The summed E-state index contributed by atoms with van der Waals surface area (Å²) in [7, 11) is 0. The van der Waals surface area contributed by atoms with Crippen molar-refractivity contribution in [3.63, 3.8) is 0 Å². The van der Waals surface area contributed by atoms with E-state index in [-0.39, 0.29) is 23.9 Å². The molecule has 1 unspecified atom stereocenters. The summed E-state index contributed by atoms with van der Waals surface area (Å²) in [4.78, 5) is 26.6. The van der Waals surface area contributed by atoms with Crippen molar-refractivity contribution in [2.75, 3.05) is 6.61 Å². The van der Waals surface area contributed by atoms with Gasteiger partial charge in [0.2, 0.25) is 0 Å². The van der Waals surface area contributed by atoms with Gasteiger partial charge in [-0.1, -0.05) is 76.2 Å². The molecule has 36 heavy (non-hydrogen) atoms. The Labute approximate surface area is 216 Å². The van der Waals surface area contributed by atoms with E-state index in [4.69, 9.17) is 10.5 Å². The molecule has 5 nitrogen and oxygen atoms in total. The summed E-state index contributed by atoms with van der Waals surface area (Å²) < 4.78 is 8.19. The Bertz CT molecular complexity index is 1490. The number of ether oxygens (including phenoxy) is 1. The molecule has 188 valence electrons. The number of thiazole rings is 1. The summed E-state index contributed by atoms with van der Waals surface area (Å²) in [6.07, 6.45) is 1.89. The Hall–Kier alpha value is -3.38. The molecule has 2 aromatic carbocycles. The van der Waals surface area contributed by atoms with Crippen LogP contribution in [0.25, 0.3) is 17.5 Å². The van der Waals surface area contributed by atoms with E-state index < -0.39 is 5.97 Å². The minimum atomic E-state index is -0.495. The third-order valence-electron chi connectivity index (χ3n) is 6.73. The number of hydrogen-bond donors (Lipinski definition) is 1. The lowest BCUT2D eigenvalue weighted by Gasteiger charge is -2.26. The van der Waals surface area contributed by atoms with E-state index in [1.54, 1.807) is 6.92 Å². The summed E-state index contributed by atoms with van der Waals surface area (Å²) in [5.74, 6) is 0.0971. The number of carbonyl (C=O) groups is 1. The molecule has 0 radical (unpaired) electrons. The topological polar surface area (TPSA) is 74.3 Å². The zero-order chi connectivity index (χ0) is 26.1. The number of benzene rings is 2. The van der Waals surface area contributed by atoms with Gasteiger partial charge in [0, 0.05) is 5.92 Å². The van der Waals surface area contributed by atoms with Gasteiger partial charge < -0.3 is 10.5 Å². The van der Waals surface area contributed by atoms with Gasteiger partial charge in [-0.3, -0.25) is 9.36 Å². The van der Waals surface area contributed by atoms with Crippen LogP contribution in [0.1, 0.15) is 81.5 Å². The van der Waals surface area contributed by atoms with Gasteiger partial charge in [-0.15, -0.1) is 11.3 Å². The van der Waals surface area contributed by atoms with E-state index in [0.29, 0.717) is 21.9 Å². The maximum absolute atomic E-state index is 13.5. The molecule has 3 aromatic rings. The van der Waals surface area contributed by atoms with Crippen molar-refractivity contribution >= 4 is 34.8 Å². The molecule has 0 amide bonds. The van der Waals surface area contributed by atoms with E-state index in [9.17, 15) is 9.59 Å². The van der Waals surface area contributed by atoms with Crippen LogP contribution in [0, 0.1) is 0 Å². The molecule has 0 saturated heterocycles. The third-order valence-corrected chi connectivity index (χ3v) is 7.94. The van der Waals surface area contributed by atoms with Gasteiger partial charge in [0.25, 0.3) is 5.56 Å². The monoisotopic (exact) mass is 502 g/mol. The van der Waals surface area contributed by atoms with Crippen LogP contribution in [0.4, 0.5) is 0 Å². The molecule has 1 aliphatic rings. The Morgan fingerprint density at radius 1 is 1.03 bits per heavy atom. The van der Waals surface area contributed by atoms with Crippen molar-refractivity contribution in [3.8, 4) is 0 Å². The lowest BCUT2D eigenvalue weighted by molar-refractivity contribution is -0.138. The molecule has 0 bridgehead atoms. The van der Waals surface area contributed by atoms with Crippen LogP contribution in [0.2, 0.25) is 0 Å². The van der Waals surface area contributed by atoms with Crippen molar-refractivity contribution in [2.45, 2.75) is 59.3 Å². The average Bonchev–Trinajstić information content (AvgIpc) is 3.18. The lowest BCUT2D eigenvalue weighted by atomic mass is 9.83. The Balaban J connectivity index is 1.93. The fourth-order valence-corrected chi connectivity index (χ4v) is 5.75. The zero-order valence-corrected chi connectivity index (χ0v) is 22.6. The maximum Gasteiger partial charge on any atom is 0.338 e. The predicted octanol–water partition coefficient (Wildman–Crippen LogP) is 4.64. The predicted molar refractivity (Wildman–Crippen MR) is 148 cm³/mol. The molecule has 0 aliphatic carbocycles. The molecular weight excluding hydrogens is 468 g/mol. The van der Waals surface area contributed by atoms with E-state index in [0.717, 1.165) is 21.4 Å². The van der Waals surface area contributed by atoms with Crippen LogP contribution in [-0.2, 0) is 9.53 Å². The fraction of sp³-hybridized carbons (Fsp3) is 0.333. The first-order chi connectivity index (χ1) is 17.1. The molecule has 0 fully saturated rings. The Morgan fingerprint density at radius 3 is 2.11 bits per heavy atom. The van der Waals surface area contributed by atoms with Gasteiger partial charge in [0.15, 0.2) is 0 Å². The van der Waals surface area contributed by atoms with E-state index in [2.05, 4.69) is 52.0 Å². The first-order valence-electron chi connectivity index (χ1n) is 12.4. The number of esters is 1. The minimum absolute atomic E-state index is 0.142. The number of nitrogens with zero attached hydrogens (tertiary/aromatic N) is 1. The number of rotatable bonds is 6. The van der Waals surface area contributed by atoms with Gasteiger partial charge in [-0.25, -0.2) is 4.79 Å². The maximum atomic E-state index is 13.5. The second-order valence-corrected chi connectivity index (χ2v) is 10.9. The molecule has 1 aromatic heterocycles. The van der Waals surface area contributed by atoms with Crippen LogP contribution in [0.15, 0.2) is 58.9 Å². The van der Waals surface area contributed by atoms with Gasteiger partial charge >= 0.3 is 5.97 Å². The van der Waals surface area contributed by atoms with Crippen LogP contribution in [-0.4, -0.2) is 17.1 Å². The highest BCUT2D eigenvalue weighted by molar-refractivity contribution is 7.07. The molecule has 0 saturated carbocycles. The van der Waals surface area contributed by atoms with Gasteiger partial charge in [-0.05, 0) is 59.6 Å². The standard InChI is InChI=1S/C30H34N2O3S/c1-7-35-30(34)26-25(23-14-12-22(13-15-23)18(4)5)19(6)29-32(27(26)31)28(33)24(36-29)16-20-8-10-21(11-9-20)17(2)3/h8-18,25H,7,31H2,1-6H3/b24-16-. The lowest BCUT2D eigenvalue weighted by Crippen LogP contribution is -2.39.